The number of anilines is 1. The van der Waals surface area contributed by atoms with E-state index < -0.39 is 0 Å². The average molecular weight is 363 g/mol. The summed E-state index contributed by atoms with van der Waals surface area (Å²) in [7, 11) is 4.21. The summed E-state index contributed by atoms with van der Waals surface area (Å²) in [4.78, 5) is 2.21. The Morgan fingerprint density at radius 1 is 0.909 bits per heavy atom. The van der Waals surface area contributed by atoms with Crippen molar-refractivity contribution < 1.29 is 0 Å². The maximum atomic E-state index is 5.93. The van der Waals surface area contributed by atoms with Gasteiger partial charge in [0.1, 0.15) is 0 Å². The van der Waals surface area contributed by atoms with Gasteiger partial charge in [-0.3, -0.25) is 0 Å². The molecule has 0 radical (unpaired) electrons. The van der Waals surface area contributed by atoms with E-state index in [0.29, 0.717) is 0 Å². The maximum Gasteiger partial charge on any atom is 0.0493 e. The first-order valence-electron chi connectivity index (χ1n) is 6.58. The van der Waals surface area contributed by atoms with Crippen molar-refractivity contribution in [2.45, 2.75) is 6.54 Å². The number of benzene rings is 2. The lowest BCUT2D eigenvalue weighted by molar-refractivity contribution is 0.389. The molecule has 0 amide bonds. The zero-order valence-electron chi connectivity index (χ0n) is 12.7. The largest absolute Gasteiger partial charge is 0.399 e. The van der Waals surface area contributed by atoms with Crippen LogP contribution in [0.4, 0.5) is 5.69 Å². The quantitative estimate of drug-likeness (QED) is 0.708. The maximum absolute atomic E-state index is 5.93. The number of likely N-dealkylation sites (N-methyl/N-ethyl adjacent to an activating group) is 1. The number of fused-ring (bicyclic) bond motifs is 3. The number of nitrogens with zero attached hydrogens (tertiary/aromatic N) is 2. The van der Waals surface area contributed by atoms with Crippen LogP contribution >= 0.6 is 37.2 Å². The summed E-state index contributed by atoms with van der Waals surface area (Å²) in [5.74, 6) is 0. The molecule has 0 atom stereocenters. The molecular formula is C16H22Cl3N3. The molecule has 0 bridgehead atoms. The topological polar surface area (TPSA) is 34.2 Å². The van der Waals surface area contributed by atoms with Gasteiger partial charge in [-0.15, -0.1) is 37.2 Å². The van der Waals surface area contributed by atoms with Crippen molar-refractivity contribution in [1.29, 1.82) is 0 Å². The summed E-state index contributed by atoms with van der Waals surface area (Å²) in [6.07, 6.45) is 0. The third-order valence-corrected chi connectivity index (χ3v) is 3.57. The number of nitrogens with two attached hydrogens (primary N) is 1. The molecule has 0 spiro atoms. The van der Waals surface area contributed by atoms with Crippen molar-refractivity contribution in [2.75, 3.05) is 26.4 Å². The molecule has 122 valence electrons. The molecule has 2 aromatic carbocycles. The first kappa shape index (κ1) is 20.9. The summed E-state index contributed by atoms with van der Waals surface area (Å²) < 4.78 is 2.38. The summed E-state index contributed by atoms with van der Waals surface area (Å²) in [5, 5.41) is 2.53. The van der Waals surface area contributed by atoms with E-state index in [1.807, 2.05) is 6.07 Å². The fraction of sp³-hybridized carbons (Fsp3) is 0.250. The first-order valence-corrected chi connectivity index (χ1v) is 6.58. The third kappa shape index (κ3) is 3.79. The molecule has 0 unspecified atom stereocenters. The van der Waals surface area contributed by atoms with E-state index in [2.05, 4.69) is 60.0 Å². The Morgan fingerprint density at radius 3 is 2.23 bits per heavy atom. The number of aromatic nitrogens is 1. The minimum atomic E-state index is 0. The Hall–Kier alpha value is -1.13. The minimum Gasteiger partial charge on any atom is -0.399 e. The van der Waals surface area contributed by atoms with Crippen LogP contribution in [-0.4, -0.2) is 30.1 Å². The molecule has 0 saturated heterocycles. The molecule has 1 aromatic heterocycles. The highest BCUT2D eigenvalue weighted by Gasteiger charge is 2.10. The number of halogens is 3. The van der Waals surface area contributed by atoms with Crippen LogP contribution in [0.25, 0.3) is 21.8 Å². The molecule has 2 N–H and O–H groups in total. The Kier molecular flexibility index (Phi) is 8.05. The predicted molar refractivity (Wildman–Crippen MR) is 104 cm³/mol. The molecule has 6 heteroatoms. The van der Waals surface area contributed by atoms with Crippen LogP contribution in [0, 0.1) is 0 Å². The zero-order chi connectivity index (χ0) is 13.4. The molecule has 0 aliphatic heterocycles. The molecule has 0 saturated carbocycles. The SMILES string of the molecule is CN(C)CCn1c2ccccc2c2cc(N)ccc21.Cl.Cl.Cl. The summed E-state index contributed by atoms with van der Waals surface area (Å²) in [5.41, 5.74) is 9.29. The van der Waals surface area contributed by atoms with E-state index in [4.69, 9.17) is 5.73 Å². The van der Waals surface area contributed by atoms with E-state index in [9.17, 15) is 0 Å². The third-order valence-electron chi connectivity index (χ3n) is 3.57. The van der Waals surface area contributed by atoms with E-state index in [0.717, 1.165) is 18.8 Å². The van der Waals surface area contributed by atoms with Gasteiger partial charge in [0, 0.05) is 40.6 Å². The fourth-order valence-electron chi connectivity index (χ4n) is 2.61. The van der Waals surface area contributed by atoms with Crippen LogP contribution < -0.4 is 5.73 Å². The average Bonchev–Trinajstić information content (AvgIpc) is 2.70. The predicted octanol–water partition coefficient (Wildman–Crippen LogP) is 4.20. The first-order chi connectivity index (χ1) is 9.16. The monoisotopic (exact) mass is 361 g/mol. The second-order valence-corrected chi connectivity index (χ2v) is 5.25. The van der Waals surface area contributed by atoms with Gasteiger partial charge in [-0.25, -0.2) is 0 Å². The van der Waals surface area contributed by atoms with Crippen molar-refractivity contribution in [3.63, 3.8) is 0 Å². The van der Waals surface area contributed by atoms with Crippen LogP contribution in [0.3, 0.4) is 0 Å². The fourth-order valence-corrected chi connectivity index (χ4v) is 2.61. The Labute approximate surface area is 149 Å². The molecule has 0 aliphatic rings. The standard InChI is InChI=1S/C16H19N3.3ClH/c1-18(2)9-10-19-15-6-4-3-5-13(15)14-11-12(17)7-8-16(14)19;;;/h3-8,11H,9-10,17H2,1-2H3;3*1H. The van der Waals surface area contributed by atoms with Gasteiger partial charge in [-0.05, 0) is 38.4 Å². The molecule has 3 rings (SSSR count). The van der Waals surface area contributed by atoms with Gasteiger partial charge in [0.15, 0.2) is 0 Å². The van der Waals surface area contributed by atoms with Gasteiger partial charge in [0.2, 0.25) is 0 Å². The normalized spacial score (nSPS) is 10.1. The van der Waals surface area contributed by atoms with Crippen LogP contribution in [0.1, 0.15) is 0 Å². The van der Waals surface area contributed by atoms with Crippen LogP contribution in [-0.2, 0) is 6.54 Å². The number of hydrogen-bond donors (Lipinski definition) is 1. The lowest BCUT2D eigenvalue weighted by atomic mass is 10.1. The zero-order valence-corrected chi connectivity index (χ0v) is 15.1. The second-order valence-electron chi connectivity index (χ2n) is 5.25. The number of nitrogen functional groups attached to an aromatic ring is 1. The molecule has 0 aliphatic carbocycles. The van der Waals surface area contributed by atoms with E-state index in [-0.39, 0.29) is 37.2 Å². The van der Waals surface area contributed by atoms with Gasteiger partial charge < -0.3 is 15.2 Å². The summed E-state index contributed by atoms with van der Waals surface area (Å²) >= 11 is 0. The highest BCUT2D eigenvalue weighted by atomic mass is 35.5. The molecule has 1 heterocycles. The van der Waals surface area contributed by atoms with Gasteiger partial charge in [0.05, 0.1) is 0 Å². The van der Waals surface area contributed by atoms with Crippen molar-refractivity contribution in [3.8, 4) is 0 Å². The Bertz CT molecular complexity index is 738. The van der Waals surface area contributed by atoms with Crippen molar-refractivity contribution in [1.82, 2.24) is 9.47 Å². The van der Waals surface area contributed by atoms with Crippen LogP contribution in [0.2, 0.25) is 0 Å². The van der Waals surface area contributed by atoms with Gasteiger partial charge in [-0.1, -0.05) is 18.2 Å². The van der Waals surface area contributed by atoms with Gasteiger partial charge >= 0.3 is 0 Å². The lowest BCUT2D eigenvalue weighted by Gasteiger charge is -2.12. The molecule has 3 nitrogen and oxygen atoms in total. The smallest absolute Gasteiger partial charge is 0.0493 e. The lowest BCUT2D eigenvalue weighted by Crippen LogP contribution is -2.18. The van der Waals surface area contributed by atoms with Crippen molar-refractivity contribution in [2.24, 2.45) is 0 Å². The molecule has 0 fully saturated rings. The van der Waals surface area contributed by atoms with Crippen LogP contribution in [0.5, 0.6) is 0 Å². The number of para-hydroxylation sites is 1. The summed E-state index contributed by atoms with van der Waals surface area (Å²) in [6.45, 7) is 2.01. The molecule has 3 aromatic rings. The highest BCUT2D eigenvalue weighted by molar-refractivity contribution is 6.08. The second kappa shape index (κ2) is 8.49. The van der Waals surface area contributed by atoms with E-state index >= 15 is 0 Å². The van der Waals surface area contributed by atoms with Gasteiger partial charge in [0.25, 0.3) is 0 Å². The highest BCUT2D eigenvalue weighted by Crippen LogP contribution is 2.30. The Balaban J connectivity index is 0.00000147. The molecular weight excluding hydrogens is 341 g/mol. The Morgan fingerprint density at radius 2 is 1.55 bits per heavy atom. The van der Waals surface area contributed by atoms with E-state index in [1.165, 1.54) is 21.8 Å². The van der Waals surface area contributed by atoms with Gasteiger partial charge in [-0.2, -0.15) is 0 Å². The molecule has 22 heavy (non-hydrogen) atoms. The van der Waals surface area contributed by atoms with Crippen LogP contribution in [0.15, 0.2) is 42.5 Å². The number of hydrogen-bond acceptors (Lipinski definition) is 2. The van der Waals surface area contributed by atoms with Crippen molar-refractivity contribution in [3.05, 3.63) is 42.5 Å². The minimum absolute atomic E-state index is 0. The summed E-state index contributed by atoms with van der Waals surface area (Å²) in [6, 6.07) is 14.7. The van der Waals surface area contributed by atoms with E-state index in [1.54, 1.807) is 0 Å². The number of rotatable bonds is 3. The van der Waals surface area contributed by atoms with Crippen molar-refractivity contribution >= 4 is 64.7 Å².